The fourth-order valence-corrected chi connectivity index (χ4v) is 3.19. The molecule has 2 rings (SSSR count). The molecule has 0 radical (unpaired) electrons. The van der Waals surface area contributed by atoms with E-state index in [0.717, 1.165) is 21.9 Å². The molecular weight excluding hydrogens is 364 g/mol. The maximum absolute atomic E-state index is 13.0. The Morgan fingerprint density at radius 3 is 2.42 bits per heavy atom. The number of rotatable bonds is 7. The molecule has 0 bridgehead atoms. The van der Waals surface area contributed by atoms with E-state index in [0.29, 0.717) is 5.56 Å². The number of aryl methyl sites for hydroxylation is 2. The summed E-state index contributed by atoms with van der Waals surface area (Å²) in [5, 5.41) is 2.28. The van der Waals surface area contributed by atoms with Crippen LogP contribution in [0.4, 0.5) is 14.5 Å². The van der Waals surface area contributed by atoms with Gasteiger partial charge in [0.2, 0.25) is 0 Å². The predicted octanol–water partition coefficient (Wildman–Crippen LogP) is 3.79. The van der Waals surface area contributed by atoms with Gasteiger partial charge < -0.3 is 10.1 Å². The highest BCUT2D eigenvalue weighted by atomic mass is 32.1. The van der Waals surface area contributed by atoms with Crippen molar-refractivity contribution in [3.05, 3.63) is 51.2 Å². The van der Waals surface area contributed by atoms with Gasteiger partial charge in [-0.05, 0) is 32.0 Å². The predicted molar refractivity (Wildman–Crippen MR) is 93.3 cm³/mol. The summed E-state index contributed by atoms with van der Waals surface area (Å²) in [5.41, 5.74) is 0.639. The van der Waals surface area contributed by atoms with Gasteiger partial charge in [0.05, 0.1) is 6.42 Å². The van der Waals surface area contributed by atoms with Crippen LogP contribution in [-0.4, -0.2) is 24.3 Å². The fourth-order valence-electron chi connectivity index (χ4n) is 2.25. The summed E-state index contributed by atoms with van der Waals surface area (Å²) in [5.74, 6) is -3.68. The number of ketones is 1. The zero-order chi connectivity index (χ0) is 19.3. The van der Waals surface area contributed by atoms with Gasteiger partial charge in [-0.1, -0.05) is 0 Å². The van der Waals surface area contributed by atoms with Gasteiger partial charge in [-0.25, -0.2) is 8.78 Å². The molecule has 0 aliphatic rings. The molecule has 0 aliphatic carbocycles. The Labute approximate surface area is 153 Å². The number of Topliss-reactive ketones (excluding diaryl/α,β-unsaturated/α-hetero) is 1. The summed E-state index contributed by atoms with van der Waals surface area (Å²) < 4.78 is 30.6. The summed E-state index contributed by atoms with van der Waals surface area (Å²) in [4.78, 5) is 37.3. The van der Waals surface area contributed by atoms with Crippen molar-refractivity contribution in [2.24, 2.45) is 0 Å². The Kier molecular flexibility index (Phi) is 6.57. The van der Waals surface area contributed by atoms with Crippen molar-refractivity contribution in [1.29, 1.82) is 0 Å². The van der Waals surface area contributed by atoms with Crippen molar-refractivity contribution in [3.63, 3.8) is 0 Å². The third-order valence-corrected chi connectivity index (χ3v) is 4.43. The normalized spacial score (nSPS) is 10.5. The largest absolute Gasteiger partial charge is 0.456 e. The molecule has 0 atom stereocenters. The van der Waals surface area contributed by atoms with Crippen molar-refractivity contribution >= 4 is 34.7 Å². The van der Waals surface area contributed by atoms with Crippen LogP contribution in [0.15, 0.2) is 24.3 Å². The number of halogens is 2. The molecule has 5 nitrogen and oxygen atoms in total. The molecular formula is C18H17F2NO4S. The lowest BCUT2D eigenvalue weighted by atomic mass is 10.1. The second-order valence-electron chi connectivity index (χ2n) is 5.59. The summed E-state index contributed by atoms with van der Waals surface area (Å²) >= 11 is 1.51. The molecule has 1 aromatic carbocycles. The van der Waals surface area contributed by atoms with Gasteiger partial charge in [0.15, 0.2) is 24.0 Å². The summed E-state index contributed by atoms with van der Waals surface area (Å²) in [6.45, 7) is 3.16. The van der Waals surface area contributed by atoms with E-state index in [2.05, 4.69) is 5.32 Å². The van der Waals surface area contributed by atoms with E-state index in [1.807, 2.05) is 13.8 Å². The minimum absolute atomic E-state index is 0.0133. The number of esters is 1. The van der Waals surface area contributed by atoms with Gasteiger partial charge in [-0.15, -0.1) is 11.3 Å². The van der Waals surface area contributed by atoms with Crippen molar-refractivity contribution < 1.29 is 27.9 Å². The zero-order valence-corrected chi connectivity index (χ0v) is 15.0. The minimum Gasteiger partial charge on any atom is -0.456 e. The van der Waals surface area contributed by atoms with Gasteiger partial charge in [0.25, 0.3) is 5.91 Å². The van der Waals surface area contributed by atoms with E-state index in [9.17, 15) is 23.2 Å². The molecule has 8 heteroatoms. The lowest BCUT2D eigenvalue weighted by Crippen LogP contribution is -2.21. The third kappa shape index (κ3) is 5.45. The molecule has 0 unspecified atom stereocenters. The first-order valence-electron chi connectivity index (χ1n) is 7.77. The van der Waals surface area contributed by atoms with Crippen LogP contribution >= 0.6 is 11.3 Å². The molecule has 0 saturated carbocycles. The van der Waals surface area contributed by atoms with Crippen LogP contribution in [0.3, 0.4) is 0 Å². The molecule has 1 aromatic heterocycles. The monoisotopic (exact) mass is 381 g/mol. The first-order chi connectivity index (χ1) is 12.3. The lowest BCUT2D eigenvalue weighted by Gasteiger charge is -2.07. The highest BCUT2D eigenvalue weighted by Gasteiger charge is 2.15. The number of thiophene rings is 1. The third-order valence-electron chi connectivity index (χ3n) is 3.47. The van der Waals surface area contributed by atoms with Crippen LogP contribution in [0.25, 0.3) is 0 Å². The molecule has 0 saturated heterocycles. The molecule has 1 heterocycles. The van der Waals surface area contributed by atoms with Gasteiger partial charge in [-0.3, -0.25) is 14.4 Å². The Hall–Kier alpha value is -2.61. The number of anilines is 1. The van der Waals surface area contributed by atoms with Gasteiger partial charge in [0.1, 0.15) is 0 Å². The first kappa shape index (κ1) is 19.7. The van der Waals surface area contributed by atoms with Gasteiger partial charge in [-0.2, -0.15) is 0 Å². The number of amides is 1. The number of carbonyl (C=O) groups is 3. The van der Waals surface area contributed by atoms with Crippen LogP contribution in [-0.2, 0) is 14.3 Å². The van der Waals surface area contributed by atoms with Crippen LogP contribution in [0, 0.1) is 25.5 Å². The van der Waals surface area contributed by atoms with Crippen LogP contribution in [0.2, 0.25) is 0 Å². The number of carbonyl (C=O) groups excluding carboxylic acids is 3. The molecule has 0 aliphatic heterocycles. The van der Waals surface area contributed by atoms with E-state index in [1.54, 1.807) is 6.07 Å². The maximum Gasteiger partial charge on any atom is 0.306 e. The van der Waals surface area contributed by atoms with E-state index in [4.69, 9.17) is 4.74 Å². The van der Waals surface area contributed by atoms with Crippen molar-refractivity contribution in [1.82, 2.24) is 0 Å². The summed E-state index contributed by atoms with van der Waals surface area (Å²) in [7, 11) is 0. The molecule has 0 fully saturated rings. The van der Waals surface area contributed by atoms with E-state index in [-0.39, 0.29) is 24.3 Å². The minimum atomic E-state index is -1.10. The second kappa shape index (κ2) is 8.66. The smallest absolute Gasteiger partial charge is 0.306 e. The Bertz CT molecular complexity index is 848. The highest BCUT2D eigenvalue weighted by molar-refractivity contribution is 7.12. The Balaban J connectivity index is 1.75. The van der Waals surface area contributed by atoms with Crippen molar-refractivity contribution in [2.75, 3.05) is 11.9 Å². The highest BCUT2D eigenvalue weighted by Crippen LogP contribution is 2.22. The molecule has 26 heavy (non-hydrogen) atoms. The van der Waals surface area contributed by atoms with Crippen LogP contribution in [0.5, 0.6) is 0 Å². The summed E-state index contributed by atoms with van der Waals surface area (Å²) in [6.07, 6.45) is -0.160. The maximum atomic E-state index is 13.0. The van der Waals surface area contributed by atoms with Gasteiger partial charge in [0, 0.05) is 33.5 Å². The van der Waals surface area contributed by atoms with Gasteiger partial charge >= 0.3 is 5.97 Å². The number of benzene rings is 1. The Morgan fingerprint density at radius 1 is 1.08 bits per heavy atom. The first-order valence-corrected chi connectivity index (χ1v) is 8.58. The Morgan fingerprint density at radius 2 is 1.81 bits per heavy atom. The van der Waals surface area contributed by atoms with E-state index < -0.39 is 30.1 Å². The molecule has 0 spiro atoms. The number of ether oxygens (including phenoxy) is 1. The number of nitrogens with one attached hydrogen (secondary N) is 1. The molecule has 2 aromatic rings. The van der Waals surface area contributed by atoms with Crippen LogP contribution < -0.4 is 5.32 Å². The average Bonchev–Trinajstić information content (AvgIpc) is 2.92. The number of hydrogen-bond acceptors (Lipinski definition) is 5. The average molecular weight is 381 g/mol. The SMILES string of the molecule is Cc1cc(C(=O)CCC(=O)OCC(=O)Nc2ccc(F)c(F)c2)c(C)s1. The molecule has 1 amide bonds. The number of hydrogen-bond donors (Lipinski definition) is 1. The standard InChI is InChI=1S/C18H17F2NO4S/c1-10-7-13(11(2)26-10)16(22)5-6-18(24)25-9-17(23)21-12-3-4-14(19)15(20)8-12/h3-4,7-8H,5-6,9H2,1-2H3,(H,21,23). The fraction of sp³-hybridized carbons (Fsp3) is 0.278. The second-order valence-corrected chi connectivity index (χ2v) is 7.05. The van der Waals surface area contributed by atoms with E-state index in [1.165, 1.54) is 17.4 Å². The van der Waals surface area contributed by atoms with Crippen molar-refractivity contribution in [2.45, 2.75) is 26.7 Å². The molecule has 138 valence electrons. The van der Waals surface area contributed by atoms with Crippen LogP contribution in [0.1, 0.15) is 33.0 Å². The lowest BCUT2D eigenvalue weighted by molar-refractivity contribution is -0.147. The zero-order valence-electron chi connectivity index (χ0n) is 14.2. The quantitative estimate of drug-likeness (QED) is 0.585. The molecule has 1 N–H and O–H groups in total. The summed E-state index contributed by atoms with van der Waals surface area (Å²) in [6, 6.07) is 4.65. The topological polar surface area (TPSA) is 72.5 Å². The van der Waals surface area contributed by atoms with Crippen molar-refractivity contribution in [3.8, 4) is 0 Å². The van der Waals surface area contributed by atoms with E-state index >= 15 is 0 Å².